The molecule has 1 aromatic carbocycles. The predicted molar refractivity (Wildman–Crippen MR) is 83.5 cm³/mol. The lowest BCUT2D eigenvalue weighted by molar-refractivity contribution is 0.232. The average Bonchev–Trinajstić information content (AvgIpc) is 2.43. The van der Waals surface area contributed by atoms with Crippen LogP contribution >= 0.6 is 0 Å². The average molecular weight is 276 g/mol. The summed E-state index contributed by atoms with van der Waals surface area (Å²) in [4.78, 5) is 0. The summed E-state index contributed by atoms with van der Waals surface area (Å²) < 4.78 is 5.76. The van der Waals surface area contributed by atoms with Crippen molar-refractivity contribution in [1.82, 2.24) is 0 Å². The van der Waals surface area contributed by atoms with Crippen LogP contribution < -0.4 is 4.74 Å². The fourth-order valence-electron chi connectivity index (χ4n) is 3.01. The van der Waals surface area contributed by atoms with Crippen molar-refractivity contribution >= 4 is 0 Å². The van der Waals surface area contributed by atoms with Crippen molar-refractivity contribution in [3.63, 3.8) is 0 Å². The zero-order valence-electron chi connectivity index (χ0n) is 13.1. The van der Waals surface area contributed by atoms with E-state index in [9.17, 15) is 5.11 Å². The molecule has 112 valence electrons. The first-order chi connectivity index (χ1) is 9.58. The number of aliphatic hydroxyl groups excluding tert-OH is 1. The predicted octanol–water partition coefficient (Wildman–Crippen LogP) is 4.40. The normalized spacial score (nSPS) is 18.2. The zero-order valence-corrected chi connectivity index (χ0v) is 13.1. The largest absolute Gasteiger partial charge is 0.493 e. The number of aliphatic hydroxyl groups is 1. The molecule has 0 amide bonds. The first-order valence-electron chi connectivity index (χ1n) is 7.96. The molecule has 1 heterocycles. The number of unbranched alkanes of at least 4 members (excludes halogenated alkanes) is 2. The van der Waals surface area contributed by atoms with E-state index in [0.717, 1.165) is 25.2 Å². The van der Waals surface area contributed by atoms with E-state index in [0.29, 0.717) is 0 Å². The molecule has 1 aliphatic heterocycles. The van der Waals surface area contributed by atoms with Gasteiger partial charge in [-0.15, -0.1) is 0 Å². The summed E-state index contributed by atoms with van der Waals surface area (Å²) in [5.41, 5.74) is 2.74. The topological polar surface area (TPSA) is 29.5 Å². The second-order valence-corrected chi connectivity index (χ2v) is 6.61. The van der Waals surface area contributed by atoms with E-state index in [1.54, 1.807) is 0 Å². The van der Waals surface area contributed by atoms with Gasteiger partial charge in [0.25, 0.3) is 0 Å². The minimum atomic E-state index is 0.174. The summed E-state index contributed by atoms with van der Waals surface area (Å²) >= 11 is 0. The minimum Gasteiger partial charge on any atom is -0.493 e. The maximum absolute atomic E-state index is 9.68. The molecule has 2 heteroatoms. The molecule has 20 heavy (non-hydrogen) atoms. The maximum Gasteiger partial charge on any atom is 0.123 e. The van der Waals surface area contributed by atoms with E-state index in [-0.39, 0.29) is 17.9 Å². The van der Waals surface area contributed by atoms with Crippen LogP contribution in [0.2, 0.25) is 0 Å². The van der Waals surface area contributed by atoms with Crippen molar-refractivity contribution in [1.29, 1.82) is 0 Å². The Labute approximate surface area is 123 Å². The Hall–Kier alpha value is -1.02. The summed E-state index contributed by atoms with van der Waals surface area (Å²) in [6.45, 7) is 7.82. The lowest BCUT2D eigenvalue weighted by atomic mass is 9.78. The fourth-order valence-corrected chi connectivity index (χ4v) is 3.01. The van der Waals surface area contributed by atoms with Crippen LogP contribution in [-0.4, -0.2) is 18.3 Å². The Morgan fingerprint density at radius 2 is 2.10 bits per heavy atom. The number of ether oxygens (including phenoxy) is 1. The van der Waals surface area contributed by atoms with Crippen molar-refractivity contribution in [3.05, 3.63) is 29.3 Å². The maximum atomic E-state index is 9.68. The van der Waals surface area contributed by atoms with Crippen LogP contribution in [0, 0.1) is 0 Å². The smallest absolute Gasteiger partial charge is 0.123 e. The summed E-state index contributed by atoms with van der Waals surface area (Å²) in [5.74, 6) is 1.29. The molecule has 0 aromatic heterocycles. The van der Waals surface area contributed by atoms with Gasteiger partial charge in [0.15, 0.2) is 0 Å². The molecular formula is C18H28O2. The van der Waals surface area contributed by atoms with E-state index in [4.69, 9.17) is 4.74 Å². The Morgan fingerprint density at radius 1 is 1.30 bits per heavy atom. The highest BCUT2D eigenvalue weighted by molar-refractivity contribution is 5.44. The van der Waals surface area contributed by atoms with Gasteiger partial charge in [-0.3, -0.25) is 0 Å². The van der Waals surface area contributed by atoms with Gasteiger partial charge in [-0.25, -0.2) is 0 Å². The van der Waals surface area contributed by atoms with Gasteiger partial charge in [0.05, 0.1) is 6.61 Å². The SMILES string of the molecule is CCCCC[C@@H](CO)c1ccc2c(c1)C(C)(C)CCO2. The van der Waals surface area contributed by atoms with Crippen molar-refractivity contribution in [2.45, 2.75) is 64.2 Å². The molecule has 0 bridgehead atoms. The molecule has 2 rings (SSSR count). The van der Waals surface area contributed by atoms with Gasteiger partial charge < -0.3 is 9.84 Å². The highest BCUT2D eigenvalue weighted by atomic mass is 16.5. The van der Waals surface area contributed by atoms with Crippen molar-refractivity contribution in [3.8, 4) is 5.75 Å². The molecule has 0 fully saturated rings. The van der Waals surface area contributed by atoms with E-state index < -0.39 is 0 Å². The molecule has 0 radical (unpaired) electrons. The molecule has 1 N–H and O–H groups in total. The van der Waals surface area contributed by atoms with Gasteiger partial charge in [-0.2, -0.15) is 0 Å². The van der Waals surface area contributed by atoms with Crippen LogP contribution in [0.25, 0.3) is 0 Å². The van der Waals surface area contributed by atoms with Crippen molar-refractivity contribution < 1.29 is 9.84 Å². The highest BCUT2D eigenvalue weighted by Gasteiger charge is 2.29. The number of rotatable bonds is 6. The molecule has 0 saturated heterocycles. The molecule has 0 unspecified atom stereocenters. The van der Waals surface area contributed by atoms with Crippen LogP contribution in [0.4, 0.5) is 0 Å². The summed E-state index contributed by atoms with van der Waals surface area (Å²) in [6.07, 6.45) is 5.80. The molecule has 1 aromatic rings. The summed E-state index contributed by atoms with van der Waals surface area (Å²) in [5, 5.41) is 9.68. The van der Waals surface area contributed by atoms with Crippen LogP contribution in [0.5, 0.6) is 5.75 Å². The summed E-state index contributed by atoms with van der Waals surface area (Å²) in [6, 6.07) is 6.49. The van der Waals surface area contributed by atoms with Crippen LogP contribution in [0.1, 0.15) is 69.9 Å². The van der Waals surface area contributed by atoms with Gasteiger partial charge in [-0.1, -0.05) is 52.2 Å². The van der Waals surface area contributed by atoms with Crippen LogP contribution in [-0.2, 0) is 5.41 Å². The van der Waals surface area contributed by atoms with E-state index in [1.165, 1.54) is 30.4 Å². The van der Waals surface area contributed by atoms with Gasteiger partial charge >= 0.3 is 0 Å². The van der Waals surface area contributed by atoms with E-state index in [2.05, 4.69) is 39.0 Å². The van der Waals surface area contributed by atoms with Gasteiger partial charge in [-0.05, 0) is 29.9 Å². The highest BCUT2D eigenvalue weighted by Crippen LogP contribution is 2.40. The van der Waals surface area contributed by atoms with Gasteiger partial charge in [0, 0.05) is 18.1 Å². The Kier molecular flexibility index (Phi) is 5.09. The number of benzene rings is 1. The first-order valence-corrected chi connectivity index (χ1v) is 7.96. The summed E-state index contributed by atoms with van der Waals surface area (Å²) in [7, 11) is 0. The van der Waals surface area contributed by atoms with Crippen molar-refractivity contribution in [2.24, 2.45) is 0 Å². The minimum absolute atomic E-state index is 0.174. The molecule has 0 saturated carbocycles. The Morgan fingerprint density at radius 3 is 2.80 bits per heavy atom. The van der Waals surface area contributed by atoms with E-state index in [1.807, 2.05) is 0 Å². The lowest BCUT2D eigenvalue weighted by Crippen LogP contribution is -2.27. The Bertz CT molecular complexity index is 437. The second-order valence-electron chi connectivity index (χ2n) is 6.61. The second kappa shape index (κ2) is 6.62. The molecule has 2 nitrogen and oxygen atoms in total. The molecule has 0 spiro atoms. The fraction of sp³-hybridized carbons (Fsp3) is 0.667. The molecular weight excluding hydrogens is 248 g/mol. The lowest BCUT2D eigenvalue weighted by Gasteiger charge is -2.33. The van der Waals surface area contributed by atoms with Crippen LogP contribution in [0.3, 0.4) is 0 Å². The quantitative estimate of drug-likeness (QED) is 0.780. The first kappa shape index (κ1) is 15.4. The molecule has 1 atom stereocenters. The third kappa shape index (κ3) is 3.35. The van der Waals surface area contributed by atoms with Gasteiger partial charge in [0.2, 0.25) is 0 Å². The van der Waals surface area contributed by atoms with Crippen molar-refractivity contribution in [2.75, 3.05) is 13.2 Å². The number of hydrogen-bond donors (Lipinski definition) is 1. The van der Waals surface area contributed by atoms with Gasteiger partial charge in [0.1, 0.15) is 5.75 Å². The molecule has 1 aliphatic rings. The number of fused-ring (bicyclic) bond motifs is 1. The molecule has 0 aliphatic carbocycles. The third-order valence-corrected chi connectivity index (χ3v) is 4.57. The Balaban J connectivity index is 2.20. The third-order valence-electron chi connectivity index (χ3n) is 4.57. The monoisotopic (exact) mass is 276 g/mol. The van der Waals surface area contributed by atoms with E-state index >= 15 is 0 Å². The zero-order chi connectivity index (χ0) is 14.6. The van der Waals surface area contributed by atoms with Crippen LogP contribution in [0.15, 0.2) is 18.2 Å². The standard InChI is InChI=1S/C18H28O2/c1-4-5-6-7-15(13-19)14-8-9-17-16(12-14)18(2,3)10-11-20-17/h8-9,12,15,19H,4-7,10-11,13H2,1-3H3/t15-/m0/s1. The number of hydrogen-bond acceptors (Lipinski definition) is 2.